The fourth-order valence-corrected chi connectivity index (χ4v) is 3.25. The molecule has 0 aliphatic heterocycles. The van der Waals surface area contributed by atoms with Crippen molar-refractivity contribution in [1.82, 2.24) is 14.3 Å². The van der Waals surface area contributed by atoms with Crippen LogP contribution in [0.25, 0.3) is 10.9 Å². The van der Waals surface area contributed by atoms with Crippen LogP contribution in [0.4, 0.5) is 14.5 Å². The highest BCUT2D eigenvalue weighted by molar-refractivity contribution is 7.90. The highest BCUT2D eigenvalue weighted by Crippen LogP contribution is 2.33. The molecule has 0 amide bonds. The lowest BCUT2D eigenvalue weighted by molar-refractivity contribution is 0.409. The molecule has 1 heterocycles. The average molecular weight is 410 g/mol. The number of anilines is 1. The van der Waals surface area contributed by atoms with E-state index in [4.69, 9.17) is 4.74 Å². The van der Waals surface area contributed by atoms with Crippen LogP contribution in [0.15, 0.2) is 41.5 Å². The Morgan fingerprint density at radius 1 is 1.25 bits per heavy atom. The van der Waals surface area contributed by atoms with Crippen molar-refractivity contribution in [1.29, 1.82) is 0 Å². The van der Waals surface area contributed by atoms with Crippen molar-refractivity contribution < 1.29 is 21.9 Å². The van der Waals surface area contributed by atoms with Crippen molar-refractivity contribution in [2.75, 3.05) is 18.3 Å². The van der Waals surface area contributed by atoms with E-state index in [1.54, 1.807) is 6.92 Å². The van der Waals surface area contributed by atoms with Crippen LogP contribution in [0, 0.1) is 11.6 Å². The average Bonchev–Trinajstić information content (AvgIpc) is 2.67. The van der Waals surface area contributed by atoms with Gasteiger partial charge in [0.2, 0.25) is 5.75 Å². The first-order valence-electron chi connectivity index (χ1n) is 8.10. The summed E-state index contributed by atoms with van der Waals surface area (Å²) in [6.45, 7) is 1.76. The maximum Gasteiger partial charge on any atom is 0.301 e. The lowest BCUT2D eigenvalue weighted by atomic mass is 10.2. The lowest BCUT2D eigenvalue weighted by Gasteiger charge is -2.17. The van der Waals surface area contributed by atoms with Gasteiger partial charge >= 0.3 is 10.2 Å². The first kappa shape index (κ1) is 19.7. The fraction of sp³-hybridized carbons (Fsp3) is 0.176. The first-order chi connectivity index (χ1) is 13.2. The third-order valence-corrected chi connectivity index (χ3v) is 5.53. The molecule has 2 aromatic carbocycles. The maximum absolute atomic E-state index is 14.7. The molecule has 0 aliphatic carbocycles. The van der Waals surface area contributed by atoms with Gasteiger partial charge in [-0.3, -0.25) is 9.52 Å². The molecule has 3 aromatic rings. The number of H-pyrrole nitrogens is 1. The third-order valence-electron chi connectivity index (χ3n) is 3.98. The second-order valence-corrected chi connectivity index (χ2v) is 7.55. The topological polar surface area (TPSA) is 104 Å². The van der Waals surface area contributed by atoms with Crippen molar-refractivity contribution in [2.24, 2.45) is 0 Å². The Hall–Kier alpha value is -3.05. The Balaban J connectivity index is 1.99. The highest BCUT2D eigenvalue weighted by atomic mass is 32.2. The van der Waals surface area contributed by atoms with Gasteiger partial charge in [0.15, 0.2) is 11.6 Å². The van der Waals surface area contributed by atoms with Gasteiger partial charge in [-0.2, -0.15) is 12.7 Å². The summed E-state index contributed by atoms with van der Waals surface area (Å²) >= 11 is 0. The predicted molar refractivity (Wildman–Crippen MR) is 99.6 cm³/mol. The molecule has 2 N–H and O–H groups in total. The van der Waals surface area contributed by atoms with E-state index < -0.39 is 38.8 Å². The molecule has 11 heteroatoms. The van der Waals surface area contributed by atoms with Gasteiger partial charge in [-0.05, 0) is 30.3 Å². The van der Waals surface area contributed by atoms with Crippen molar-refractivity contribution in [3.05, 3.63) is 58.6 Å². The summed E-state index contributed by atoms with van der Waals surface area (Å²) in [5, 5.41) is 0.169. The first-order valence-corrected chi connectivity index (χ1v) is 9.54. The minimum Gasteiger partial charge on any atom is -0.451 e. The van der Waals surface area contributed by atoms with Gasteiger partial charge in [0.05, 0.1) is 22.9 Å². The number of aromatic amines is 1. The second-order valence-electron chi connectivity index (χ2n) is 5.77. The molecule has 148 valence electrons. The van der Waals surface area contributed by atoms with E-state index in [-0.39, 0.29) is 17.7 Å². The summed E-state index contributed by atoms with van der Waals surface area (Å²) in [6, 6.07) is 5.95. The van der Waals surface area contributed by atoms with Gasteiger partial charge in [-0.1, -0.05) is 6.92 Å². The molecule has 0 unspecified atom stereocenters. The van der Waals surface area contributed by atoms with Gasteiger partial charge in [0.25, 0.3) is 5.56 Å². The van der Waals surface area contributed by atoms with Crippen LogP contribution < -0.4 is 15.0 Å². The largest absolute Gasteiger partial charge is 0.451 e. The fourth-order valence-electron chi connectivity index (χ4n) is 2.32. The number of benzene rings is 2. The van der Waals surface area contributed by atoms with Gasteiger partial charge < -0.3 is 9.72 Å². The number of hydrogen-bond donors (Lipinski definition) is 2. The number of fused-ring (bicyclic) bond motifs is 1. The summed E-state index contributed by atoms with van der Waals surface area (Å²) in [5.74, 6) is -3.09. The minimum atomic E-state index is -4.01. The maximum atomic E-state index is 14.7. The molecule has 0 aliphatic rings. The Morgan fingerprint density at radius 2 is 2.00 bits per heavy atom. The molecule has 0 spiro atoms. The Kier molecular flexibility index (Phi) is 5.29. The van der Waals surface area contributed by atoms with Gasteiger partial charge in [0.1, 0.15) is 5.75 Å². The SMILES string of the molecule is CCN(C)S(=O)(=O)Nc1ccc(F)c(Oc2ccc3nc[nH]c(=O)c3c2)c1F. The van der Waals surface area contributed by atoms with Gasteiger partial charge in [-0.15, -0.1) is 0 Å². The standard InChI is InChI=1S/C17H16F2N4O4S/c1-3-23(2)28(25,26)22-14-7-5-12(18)16(15(14)19)27-10-4-6-13-11(8-10)17(24)21-9-20-13/h4-9,22H,3H2,1-2H3,(H,20,21,24). The van der Waals surface area contributed by atoms with Crippen molar-refractivity contribution >= 4 is 26.8 Å². The number of nitrogens with one attached hydrogen (secondary N) is 2. The summed E-state index contributed by atoms with van der Waals surface area (Å²) in [4.78, 5) is 18.2. The zero-order valence-corrected chi connectivity index (χ0v) is 15.7. The smallest absolute Gasteiger partial charge is 0.301 e. The van der Waals surface area contributed by atoms with E-state index >= 15 is 0 Å². The number of hydrogen-bond acceptors (Lipinski definition) is 5. The summed E-state index contributed by atoms with van der Waals surface area (Å²) in [6.07, 6.45) is 1.23. The van der Waals surface area contributed by atoms with E-state index in [9.17, 15) is 22.0 Å². The molecule has 0 bridgehead atoms. The van der Waals surface area contributed by atoms with Crippen LogP contribution in [-0.4, -0.2) is 36.3 Å². The molecule has 8 nitrogen and oxygen atoms in total. The van der Waals surface area contributed by atoms with Crippen LogP contribution in [0.3, 0.4) is 0 Å². The van der Waals surface area contributed by atoms with Crippen LogP contribution in [0.5, 0.6) is 11.5 Å². The zero-order chi connectivity index (χ0) is 20.5. The number of aromatic nitrogens is 2. The molecular weight excluding hydrogens is 394 g/mol. The van der Waals surface area contributed by atoms with E-state index in [1.807, 2.05) is 4.72 Å². The molecule has 28 heavy (non-hydrogen) atoms. The van der Waals surface area contributed by atoms with E-state index in [2.05, 4.69) is 9.97 Å². The van der Waals surface area contributed by atoms with Gasteiger partial charge in [-0.25, -0.2) is 13.8 Å². The number of ether oxygens (including phenoxy) is 1. The molecule has 0 saturated heterocycles. The van der Waals surface area contributed by atoms with Crippen LogP contribution in [0.1, 0.15) is 6.92 Å². The van der Waals surface area contributed by atoms with Crippen LogP contribution >= 0.6 is 0 Å². The zero-order valence-electron chi connectivity index (χ0n) is 14.9. The number of nitrogens with zero attached hydrogens (tertiary/aromatic N) is 2. The molecule has 0 saturated carbocycles. The van der Waals surface area contributed by atoms with Crippen molar-refractivity contribution in [3.8, 4) is 11.5 Å². The van der Waals surface area contributed by atoms with E-state index in [1.165, 1.54) is 31.6 Å². The molecule has 3 rings (SSSR count). The summed E-state index contributed by atoms with van der Waals surface area (Å²) < 4.78 is 61.3. The Bertz CT molecular complexity index is 1200. The number of rotatable bonds is 6. The van der Waals surface area contributed by atoms with Crippen molar-refractivity contribution in [3.63, 3.8) is 0 Å². The second kappa shape index (κ2) is 7.52. The Labute approximate surface area is 159 Å². The molecule has 0 radical (unpaired) electrons. The monoisotopic (exact) mass is 410 g/mol. The lowest BCUT2D eigenvalue weighted by Crippen LogP contribution is -2.32. The minimum absolute atomic E-state index is 0.0190. The summed E-state index contributed by atoms with van der Waals surface area (Å²) in [7, 11) is -2.70. The predicted octanol–water partition coefficient (Wildman–Crippen LogP) is 2.60. The molecule has 0 atom stereocenters. The molecule has 1 aromatic heterocycles. The van der Waals surface area contributed by atoms with Gasteiger partial charge in [0, 0.05) is 13.6 Å². The molecular formula is C17H16F2N4O4S. The summed E-state index contributed by atoms with van der Waals surface area (Å²) in [5.41, 5.74) is -0.543. The highest BCUT2D eigenvalue weighted by Gasteiger charge is 2.22. The quantitative estimate of drug-likeness (QED) is 0.650. The third kappa shape index (κ3) is 3.80. The van der Waals surface area contributed by atoms with E-state index in [0.717, 1.165) is 16.4 Å². The van der Waals surface area contributed by atoms with E-state index in [0.29, 0.717) is 5.52 Å². The normalized spacial score (nSPS) is 11.8. The molecule has 0 fully saturated rings. The van der Waals surface area contributed by atoms with Crippen molar-refractivity contribution in [2.45, 2.75) is 6.92 Å². The van der Waals surface area contributed by atoms with Crippen LogP contribution in [0.2, 0.25) is 0 Å². The Morgan fingerprint density at radius 3 is 2.71 bits per heavy atom. The number of halogens is 2. The van der Waals surface area contributed by atoms with Crippen LogP contribution in [-0.2, 0) is 10.2 Å².